The number of fused-ring (bicyclic) bond motifs is 12. The summed E-state index contributed by atoms with van der Waals surface area (Å²) in [6, 6.07) is 55.9. The molecule has 50 heavy (non-hydrogen) atoms. The van der Waals surface area contributed by atoms with Gasteiger partial charge < -0.3 is 19.1 Å². The Morgan fingerprint density at radius 3 is 1.54 bits per heavy atom. The fourth-order valence-corrected chi connectivity index (χ4v) is 9.05. The van der Waals surface area contributed by atoms with E-state index in [9.17, 15) is 0 Å². The minimum atomic E-state index is 0.131. The zero-order valence-electron chi connectivity index (χ0n) is 26.8. The van der Waals surface area contributed by atoms with E-state index in [2.05, 4.69) is 144 Å². The number of nitrogens with one attached hydrogen (secondary N) is 1. The van der Waals surface area contributed by atoms with Crippen molar-refractivity contribution in [3.05, 3.63) is 163 Å². The average molecular weight is 661 g/mol. The van der Waals surface area contributed by atoms with Crippen molar-refractivity contribution in [3.8, 4) is 0 Å². The SMILES string of the molecule is c1ccc(C2Nc3c(c4cc(N(c5ccc6c(c5)oc5ccccc56)c5ccc6c(c5)oc5ccccc56)ccc4c4ccccc34)S2)cc1. The number of benzene rings is 8. The van der Waals surface area contributed by atoms with Crippen LogP contribution < -0.4 is 10.2 Å². The Bertz CT molecular complexity index is 2850. The molecule has 0 saturated carbocycles. The molecule has 0 aliphatic carbocycles. The monoisotopic (exact) mass is 660 g/mol. The van der Waals surface area contributed by atoms with Gasteiger partial charge in [-0.1, -0.05) is 109 Å². The van der Waals surface area contributed by atoms with Crippen molar-refractivity contribution in [2.24, 2.45) is 0 Å². The summed E-state index contributed by atoms with van der Waals surface area (Å²) in [5.41, 5.74) is 9.04. The van der Waals surface area contributed by atoms with Crippen LogP contribution in [0.3, 0.4) is 0 Å². The molecule has 0 radical (unpaired) electrons. The predicted molar refractivity (Wildman–Crippen MR) is 209 cm³/mol. The first-order valence-corrected chi connectivity index (χ1v) is 17.7. The van der Waals surface area contributed by atoms with Crippen LogP contribution in [-0.2, 0) is 0 Å². The molecule has 2 aromatic heterocycles. The standard InChI is InChI=1S/C45H28N2O2S/c1-2-10-27(11-3-1)45-46-43-37-15-5-4-12-31(37)32-21-18-28(24-38(32)44(43)50-45)47(29-19-22-35-33-13-6-8-16-39(33)48-41(35)25-29)30-20-23-36-34-14-7-9-17-40(34)49-42(36)26-30/h1-26,45-46H. The molecule has 1 aliphatic rings. The zero-order valence-corrected chi connectivity index (χ0v) is 27.6. The first kappa shape index (κ1) is 27.7. The van der Waals surface area contributed by atoms with Gasteiger partial charge in [0.25, 0.3) is 0 Å². The van der Waals surface area contributed by atoms with Crippen molar-refractivity contribution in [1.29, 1.82) is 0 Å². The molecule has 1 unspecified atom stereocenters. The largest absolute Gasteiger partial charge is 0.456 e. The molecule has 10 aromatic rings. The summed E-state index contributed by atoms with van der Waals surface area (Å²) in [5, 5.41) is 13.4. The molecule has 0 spiro atoms. The Kier molecular flexibility index (Phi) is 5.92. The smallest absolute Gasteiger partial charge is 0.137 e. The number of thioether (sulfide) groups is 1. The van der Waals surface area contributed by atoms with E-state index in [-0.39, 0.29) is 5.37 Å². The second-order valence-corrected chi connectivity index (χ2v) is 14.0. The summed E-state index contributed by atoms with van der Waals surface area (Å²) in [6.45, 7) is 0. The van der Waals surface area contributed by atoms with Crippen molar-refractivity contribution >= 4 is 99.9 Å². The van der Waals surface area contributed by atoms with Gasteiger partial charge in [0.05, 0.1) is 5.69 Å². The number of hydrogen-bond donors (Lipinski definition) is 1. The van der Waals surface area contributed by atoms with E-state index >= 15 is 0 Å². The predicted octanol–water partition coefficient (Wildman–Crippen LogP) is 13.5. The number of para-hydroxylation sites is 2. The topological polar surface area (TPSA) is 41.5 Å². The molecule has 0 saturated heterocycles. The maximum absolute atomic E-state index is 6.40. The van der Waals surface area contributed by atoms with E-state index in [1.165, 1.54) is 37.7 Å². The fraction of sp³-hybridized carbons (Fsp3) is 0.0222. The van der Waals surface area contributed by atoms with E-state index in [1.54, 1.807) is 0 Å². The lowest BCUT2D eigenvalue weighted by Crippen LogP contribution is -2.10. The van der Waals surface area contributed by atoms with Gasteiger partial charge in [0.1, 0.15) is 27.7 Å². The van der Waals surface area contributed by atoms with Crippen molar-refractivity contribution in [3.63, 3.8) is 0 Å². The molecule has 3 heterocycles. The maximum Gasteiger partial charge on any atom is 0.137 e. The Morgan fingerprint density at radius 1 is 0.420 bits per heavy atom. The number of anilines is 4. The highest BCUT2D eigenvalue weighted by molar-refractivity contribution is 8.00. The molecule has 5 heteroatoms. The molecule has 8 aromatic carbocycles. The molecule has 4 nitrogen and oxygen atoms in total. The van der Waals surface area contributed by atoms with Gasteiger partial charge in [-0.05, 0) is 64.9 Å². The summed E-state index contributed by atoms with van der Waals surface area (Å²) in [4.78, 5) is 3.59. The third-order valence-corrected chi connectivity index (χ3v) is 11.4. The minimum absolute atomic E-state index is 0.131. The third kappa shape index (κ3) is 4.14. The summed E-state index contributed by atoms with van der Waals surface area (Å²) in [5.74, 6) is 0. The Labute approximate surface area is 291 Å². The number of furan rings is 2. The van der Waals surface area contributed by atoms with Crippen LogP contribution >= 0.6 is 11.8 Å². The molecule has 1 atom stereocenters. The van der Waals surface area contributed by atoms with Gasteiger partial charge in [-0.2, -0.15) is 0 Å². The summed E-state index contributed by atoms with van der Waals surface area (Å²) in [6.07, 6.45) is 0. The molecule has 0 fully saturated rings. The van der Waals surface area contributed by atoms with Crippen LogP contribution in [-0.4, -0.2) is 0 Å². The maximum atomic E-state index is 6.40. The second-order valence-electron chi connectivity index (χ2n) is 12.9. The lowest BCUT2D eigenvalue weighted by atomic mass is 9.99. The molecule has 0 amide bonds. The fourth-order valence-electron chi connectivity index (χ4n) is 7.76. The minimum Gasteiger partial charge on any atom is -0.456 e. The first-order valence-electron chi connectivity index (χ1n) is 16.9. The first-order chi connectivity index (χ1) is 24.8. The average Bonchev–Trinajstić information content (AvgIpc) is 3.89. The van der Waals surface area contributed by atoms with Crippen molar-refractivity contribution in [2.75, 3.05) is 10.2 Å². The van der Waals surface area contributed by atoms with E-state index in [0.717, 1.165) is 60.9 Å². The summed E-state index contributed by atoms with van der Waals surface area (Å²) in [7, 11) is 0. The summed E-state index contributed by atoms with van der Waals surface area (Å²) < 4.78 is 12.8. The van der Waals surface area contributed by atoms with E-state index in [1.807, 2.05) is 36.0 Å². The lowest BCUT2D eigenvalue weighted by Gasteiger charge is -2.26. The van der Waals surface area contributed by atoms with Gasteiger partial charge in [0.15, 0.2) is 0 Å². The van der Waals surface area contributed by atoms with Crippen LogP contribution in [0.25, 0.3) is 65.4 Å². The van der Waals surface area contributed by atoms with Crippen molar-refractivity contribution < 1.29 is 8.83 Å². The number of nitrogens with zero attached hydrogens (tertiary/aromatic N) is 1. The highest BCUT2D eigenvalue weighted by atomic mass is 32.2. The van der Waals surface area contributed by atoms with Gasteiger partial charge in [-0.3, -0.25) is 0 Å². The van der Waals surface area contributed by atoms with Crippen LogP contribution in [0.15, 0.2) is 171 Å². The molecule has 1 N–H and O–H groups in total. The zero-order chi connectivity index (χ0) is 32.8. The number of rotatable bonds is 4. The molecule has 1 aliphatic heterocycles. The Balaban J connectivity index is 1.14. The van der Waals surface area contributed by atoms with Gasteiger partial charge in [0, 0.05) is 66.4 Å². The van der Waals surface area contributed by atoms with Crippen LogP contribution in [0.5, 0.6) is 0 Å². The molecular weight excluding hydrogens is 633 g/mol. The molecule has 11 rings (SSSR count). The van der Waals surface area contributed by atoms with E-state index in [0.29, 0.717) is 0 Å². The molecular formula is C45H28N2O2S. The number of hydrogen-bond acceptors (Lipinski definition) is 5. The third-order valence-electron chi connectivity index (χ3n) is 10.1. The molecule has 0 bridgehead atoms. The molecule has 236 valence electrons. The van der Waals surface area contributed by atoms with Gasteiger partial charge in [-0.15, -0.1) is 0 Å². The quantitative estimate of drug-likeness (QED) is 0.190. The van der Waals surface area contributed by atoms with Crippen LogP contribution in [0.2, 0.25) is 0 Å². The van der Waals surface area contributed by atoms with Crippen molar-refractivity contribution in [2.45, 2.75) is 10.3 Å². The van der Waals surface area contributed by atoms with Crippen LogP contribution in [0.1, 0.15) is 10.9 Å². The normalized spacial score (nSPS) is 14.3. The van der Waals surface area contributed by atoms with Crippen LogP contribution in [0, 0.1) is 0 Å². The van der Waals surface area contributed by atoms with E-state index < -0.39 is 0 Å². The highest BCUT2D eigenvalue weighted by Crippen LogP contribution is 2.54. The van der Waals surface area contributed by atoms with Crippen molar-refractivity contribution in [1.82, 2.24) is 0 Å². The van der Waals surface area contributed by atoms with Gasteiger partial charge in [-0.25, -0.2) is 0 Å². The lowest BCUT2D eigenvalue weighted by molar-refractivity contribution is 0.669. The van der Waals surface area contributed by atoms with E-state index in [4.69, 9.17) is 8.83 Å². The van der Waals surface area contributed by atoms with Crippen LogP contribution in [0.4, 0.5) is 22.7 Å². The highest BCUT2D eigenvalue weighted by Gasteiger charge is 2.28. The van der Waals surface area contributed by atoms with Gasteiger partial charge in [0.2, 0.25) is 0 Å². The Hall–Kier alpha value is -6.17. The summed E-state index contributed by atoms with van der Waals surface area (Å²) >= 11 is 1.89. The Morgan fingerprint density at radius 2 is 0.900 bits per heavy atom. The van der Waals surface area contributed by atoms with Gasteiger partial charge >= 0.3 is 0 Å². The second kappa shape index (κ2) is 10.7.